The van der Waals surface area contributed by atoms with Gasteiger partial charge in [-0.25, -0.2) is 0 Å². The van der Waals surface area contributed by atoms with Gasteiger partial charge in [0.25, 0.3) is 10.1 Å². The van der Waals surface area contributed by atoms with Crippen molar-refractivity contribution in [2.75, 3.05) is 32.9 Å². The van der Waals surface area contributed by atoms with E-state index in [1.165, 1.54) is 5.57 Å². The molecule has 0 aromatic rings. The van der Waals surface area contributed by atoms with Gasteiger partial charge in [-0.15, -0.1) is 0 Å². The van der Waals surface area contributed by atoms with Crippen molar-refractivity contribution >= 4 is 10.1 Å². The van der Waals surface area contributed by atoms with Crippen molar-refractivity contribution in [2.45, 2.75) is 26.2 Å². The van der Waals surface area contributed by atoms with E-state index in [1.54, 1.807) is 0 Å². The zero-order valence-corrected chi connectivity index (χ0v) is 11.4. The highest BCUT2D eigenvalue weighted by atomic mass is 32.2. The van der Waals surface area contributed by atoms with Crippen LogP contribution in [-0.4, -0.2) is 50.4 Å². The van der Waals surface area contributed by atoms with Gasteiger partial charge in [-0.2, -0.15) is 8.42 Å². The van der Waals surface area contributed by atoms with Gasteiger partial charge < -0.3 is 4.48 Å². The Labute approximate surface area is 99.3 Å². The lowest BCUT2D eigenvalue weighted by Gasteiger charge is -2.29. The Kier molecular flexibility index (Phi) is 6.22. The highest BCUT2D eigenvalue weighted by Crippen LogP contribution is 2.07. The summed E-state index contributed by atoms with van der Waals surface area (Å²) in [6.07, 6.45) is 2.32. The fourth-order valence-electron chi connectivity index (χ4n) is 1.43. The maximum Gasteiger partial charge on any atom is 0.264 e. The van der Waals surface area contributed by atoms with Crippen molar-refractivity contribution in [2.24, 2.45) is 0 Å². The molecule has 0 spiro atoms. The van der Waals surface area contributed by atoms with Crippen LogP contribution in [0.2, 0.25) is 0 Å². The summed E-state index contributed by atoms with van der Waals surface area (Å²) in [5.41, 5.74) is 1.17. The normalized spacial score (nSPS) is 12.8. The Morgan fingerprint density at radius 2 is 1.81 bits per heavy atom. The first-order chi connectivity index (χ1) is 7.12. The van der Waals surface area contributed by atoms with Crippen LogP contribution in [0.25, 0.3) is 0 Å². The molecule has 0 saturated carbocycles. The third-order valence-corrected chi connectivity index (χ3v) is 3.36. The van der Waals surface area contributed by atoms with E-state index in [2.05, 4.69) is 20.7 Å². The quantitative estimate of drug-likeness (QED) is 0.309. The van der Waals surface area contributed by atoms with E-state index >= 15 is 0 Å². The predicted octanol–water partition coefficient (Wildman–Crippen LogP) is 1.70. The molecule has 0 radical (unpaired) electrons. The fraction of sp³-hybridized carbons (Fsp3) is 0.818. The summed E-state index contributed by atoms with van der Waals surface area (Å²) in [6.45, 7) is 7.81. The van der Waals surface area contributed by atoms with E-state index in [9.17, 15) is 8.42 Å². The van der Waals surface area contributed by atoms with Crippen molar-refractivity contribution in [3.63, 3.8) is 0 Å². The molecule has 1 N–H and O–H groups in total. The third kappa shape index (κ3) is 10.1. The van der Waals surface area contributed by atoms with E-state index in [0.29, 0.717) is 6.42 Å². The molecule has 0 saturated heterocycles. The summed E-state index contributed by atoms with van der Waals surface area (Å²) in [6, 6.07) is 0. The van der Waals surface area contributed by atoms with Crippen molar-refractivity contribution in [3.05, 3.63) is 12.2 Å². The molecule has 0 bridgehead atoms. The fourth-order valence-corrected chi connectivity index (χ4v) is 2.00. The van der Waals surface area contributed by atoms with Gasteiger partial charge >= 0.3 is 0 Å². The highest BCUT2D eigenvalue weighted by Gasteiger charge is 2.14. The molecule has 0 heterocycles. The first kappa shape index (κ1) is 15.6. The predicted molar refractivity (Wildman–Crippen MR) is 66.9 cm³/mol. The zero-order chi connectivity index (χ0) is 12.8. The van der Waals surface area contributed by atoms with Crippen molar-refractivity contribution in [1.82, 2.24) is 0 Å². The largest absolute Gasteiger partial charge is 0.328 e. The Morgan fingerprint density at radius 3 is 2.25 bits per heavy atom. The summed E-state index contributed by atoms with van der Waals surface area (Å²) < 4.78 is 30.5. The Morgan fingerprint density at radius 1 is 1.25 bits per heavy atom. The van der Waals surface area contributed by atoms with Crippen LogP contribution in [0.5, 0.6) is 0 Å². The molecule has 0 atom stereocenters. The number of rotatable bonds is 8. The molecule has 0 aliphatic rings. The number of unbranched alkanes of at least 4 members (excludes halogenated alkanes) is 1. The molecule has 4 nitrogen and oxygen atoms in total. The van der Waals surface area contributed by atoms with Gasteiger partial charge in [0.1, 0.15) is 0 Å². The number of hydrogen-bond donors (Lipinski definition) is 1. The van der Waals surface area contributed by atoms with Crippen LogP contribution in [0, 0.1) is 0 Å². The summed E-state index contributed by atoms with van der Waals surface area (Å²) in [7, 11) is 0.454. The number of hydrogen-bond acceptors (Lipinski definition) is 2. The second-order valence-electron chi connectivity index (χ2n) is 5.08. The number of quaternary nitrogens is 1. The smallest absolute Gasteiger partial charge is 0.264 e. The van der Waals surface area contributed by atoms with Gasteiger partial charge in [-0.3, -0.25) is 4.55 Å². The monoisotopic (exact) mass is 250 g/mol. The lowest BCUT2D eigenvalue weighted by molar-refractivity contribution is -0.890. The van der Waals surface area contributed by atoms with Gasteiger partial charge in [0, 0.05) is 6.42 Å². The molecule has 0 aromatic carbocycles. The minimum Gasteiger partial charge on any atom is -0.328 e. The van der Waals surface area contributed by atoms with Gasteiger partial charge in [0.2, 0.25) is 0 Å². The minimum absolute atomic E-state index is 0.131. The van der Waals surface area contributed by atoms with E-state index < -0.39 is 10.1 Å². The Bertz CT molecular complexity index is 320. The van der Waals surface area contributed by atoms with Crippen LogP contribution in [0.15, 0.2) is 12.2 Å². The Hall–Kier alpha value is -0.390. The van der Waals surface area contributed by atoms with E-state index in [-0.39, 0.29) is 5.75 Å². The van der Waals surface area contributed by atoms with E-state index in [4.69, 9.17) is 4.55 Å². The van der Waals surface area contributed by atoms with Crippen LogP contribution >= 0.6 is 0 Å². The van der Waals surface area contributed by atoms with Crippen molar-refractivity contribution < 1.29 is 17.5 Å². The Balaban J connectivity index is 3.78. The van der Waals surface area contributed by atoms with Crippen LogP contribution in [0.4, 0.5) is 0 Å². The van der Waals surface area contributed by atoms with Crippen LogP contribution in [0.1, 0.15) is 26.2 Å². The molecule has 16 heavy (non-hydrogen) atoms. The van der Waals surface area contributed by atoms with Crippen LogP contribution in [0.3, 0.4) is 0 Å². The second kappa shape index (κ2) is 6.37. The average molecular weight is 250 g/mol. The van der Waals surface area contributed by atoms with Gasteiger partial charge in [-0.05, 0) is 19.8 Å². The van der Waals surface area contributed by atoms with Crippen LogP contribution < -0.4 is 0 Å². The van der Waals surface area contributed by atoms with Gasteiger partial charge in [0.05, 0.1) is 32.9 Å². The molecule has 0 aliphatic carbocycles. The zero-order valence-electron chi connectivity index (χ0n) is 10.6. The summed E-state index contributed by atoms with van der Waals surface area (Å²) in [5, 5.41) is 0. The van der Waals surface area contributed by atoms with Gasteiger partial charge in [0.15, 0.2) is 0 Å². The summed E-state index contributed by atoms with van der Waals surface area (Å²) in [4.78, 5) is 0. The SMILES string of the molecule is C=C(C)CC[N+](C)(C)CCCCS(=O)(=O)O. The molecule has 5 heteroatoms. The number of nitrogens with zero attached hydrogens (tertiary/aromatic N) is 1. The third-order valence-electron chi connectivity index (χ3n) is 2.56. The highest BCUT2D eigenvalue weighted by molar-refractivity contribution is 7.85. The molecule has 0 fully saturated rings. The topological polar surface area (TPSA) is 54.4 Å². The molecule has 0 unspecified atom stereocenters. The molecule has 96 valence electrons. The molecule has 0 amide bonds. The molecular weight excluding hydrogens is 226 g/mol. The van der Waals surface area contributed by atoms with Crippen molar-refractivity contribution in [1.29, 1.82) is 0 Å². The molecular formula is C11H24NO3S+. The maximum absolute atomic E-state index is 10.5. The molecule has 0 aliphatic heterocycles. The van der Waals surface area contributed by atoms with Gasteiger partial charge in [-0.1, -0.05) is 12.2 Å². The minimum atomic E-state index is -3.79. The molecule has 0 aromatic heterocycles. The van der Waals surface area contributed by atoms with E-state index in [0.717, 1.165) is 30.4 Å². The first-order valence-electron chi connectivity index (χ1n) is 5.54. The maximum atomic E-state index is 10.5. The van der Waals surface area contributed by atoms with E-state index in [1.807, 2.05) is 6.92 Å². The standard InChI is InChI=1S/C11H23NO3S/c1-11(2)7-9-12(3,4)8-5-6-10-16(13,14)15/h1,5-10H2,2-4H3/p+1. The average Bonchev–Trinajstić information content (AvgIpc) is 2.08. The second-order valence-corrected chi connectivity index (χ2v) is 6.66. The lowest BCUT2D eigenvalue weighted by atomic mass is 10.2. The lowest BCUT2D eigenvalue weighted by Crippen LogP contribution is -2.41. The molecule has 0 rings (SSSR count). The summed E-state index contributed by atoms with van der Waals surface area (Å²) in [5.74, 6) is -0.131. The first-order valence-corrected chi connectivity index (χ1v) is 7.15. The summed E-state index contributed by atoms with van der Waals surface area (Å²) >= 11 is 0. The van der Waals surface area contributed by atoms with Crippen molar-refractivity contribution in [3.8, 4) is 0 Å². The van der Waals surface area contributed by atoms with Crippen LogP contribution in [-0.2, 0) is 10.1 Å².